The summed E-state index contributed by atoms with van der Waals surface area (Å²) < 4.78 is 11.4. The molecular weight excluding hydrogens is 376 g/mol. The molecule has 0 radical (unpaired) electrons. The molecule has 0 aliphatic rings. The molecule has 2 N–H and O–H groups in total. The minimum absolute atomic E-state index is 0.0694. The van der Waals surface area contributed by atoms with Crippen LogP contribution >= 0.6 is 15.9 Å². The van der Waals surface area contributed by atoms with Crippen LogP contribution in [0.3, 0.4) is 0 Å². The number of carbonyl (C=O) groups is 2. The van der Waals surface area contributed by atoms with Crippen LogP contribution in [0.2, 0.25) is 0 Å². The molecule has 0 saturated heterocycles. The Morgan fingerprint density at radius 2 is 2.00 bits per heavy atom. The van der Waals surface area contributed by atoms with Gasteiger partial charge < -0.3 is 19.8 Å². The van der Waals surface area contributed by atoms with Crippen molar-refractivity contribution in [2.45, 2.75) is 12.8 Å². The number of amides is 2. The third-order valence-corrected chi connectivity index (χ3v) is 3.59. The van der Waals surface area contributed by atoms with Gasteiger partial charge in [0.25, 0.3) is 5.91 Å². The van der Waals surface area contributed by atoms with Gasteiger partial charge in [0, 0.05) is 17.4 Å². The van der Waals surface area contributed by atoms with Crippen LogP contribution in [-0.4, -0.2) is 31.5 Å². The maximum absolute atomic E-state index is 11.7. The molecule has 2 aromatic rings. The van der Waals surface area contributed by atoms with Crippen LogP contribution in [0.15, 0.2) is 51.6 Å². The van der Waals surface area contributed by atoms with Gasteiger partial charge in [-0.3, -0.25) is 9.59 Å². The van der Waals surface area contributed by atoms with E-state index < -0.39 is 0 Å². The topological polar surface area (TPSA) is 80.6 Å². The van der Waals surface area contributed by atoms with E-state index in [2.05, 4.69) is 26.6 Å². The van der Waals surface area contributed by atoms with Crippen molar-refractivity contribution in [2.75, 3.05) is 19.7 Å². The number of benzene rings is 1. The molecule has 6 nitrogen and oxygen atoms in total. The van der Waals surface area contributed by atoms with Crippen molar-refractivity contribution in [3.05, 3.63) is 52.9 Å². The Kier molecular flexibility index (Phi) is 7.35. The highest BCUT2D eigenvalue weighted by molar-refractivity contribution is 9.10. The van der Waals surface area contributed by atoms with E-state index in [0.717, 1.165) is 10.2 Å². The monoisotopic (exact) mass is 394 g/mol. The second kappa shape index (κ2) is 9.77. The van der Waals surface area contributed by atoms with Crippen molar-refractivity contribution < 1.29 is 18.7 Å². The lowest BCUT2D eigenvalue weighted by molar-refractivity contribution is -0.121. The standard InChI is InChI=1S/C17H19BrN2O4/c18-13-4-1-5-14(12-13)23-11-9-19-16(21)7-2-8-20-17(22)15-6-3-10-24-15/h1,3-6,10,12H,2,7-9,11H2,(H,19,21)(H,20,22). The molecular formula is C17H19BrN2O4. The first kappa shape index (κ1) is 18.1. The first-order chi connectivity index (χ1) is 11.6. The molecule has 2 rings (SSSR count). The average molecular weight is 395 g/mol. The van der Waals surface area contributed by atoms with Gasteiger partial charge in [-0.25, -0.2) is 0 Å². The van der Waals surface area contributed by atoms with Gasteiger partial charge in [0.1, 0.15) is 12.4 Å². The number of hydrogen-bond acceptors (Lipinski definition) is 4. The molecule has 1 aromatic heterocycles. The average Bonchev–Trinajstić information content (AvgIpc) is 3.10. The van der Waals surface area contributed by atoms with E-state index in [0.29, 0.717) is 32.5 Å². The summed E-state index contributed by atoms with van der Waals surface area (Å²) in [7, 11) is 0. The smallest absolute Gasteiger partial charge is 0.286 e. The summed E-state index contributed by atoms with van der Waals surface area (Å²) in [5.74, 6) is 0.673. The lowest BCUT2D eigenvalue weighted by Gasteiger charge is -2.08. The molecule has 7 heteroatoms. The quantitative estimate of drug-likeness (QED) is 0.640. The summed E-state index contributed by atoms with van der Waals surface area (Å²) in [6.07, 6.45) is 2.35. The van der Waals surface area contributed by atoms with Gasteiger partial charge in [-0.1, -0.05) is 22.0 Å². The third-order valence-electron chi connectivity index (χ3n) is 3.10. The summed E-state index contributed by atoms with van der Waals surface area (Å²) in [5, 5.41) is 5.47. The van der Waals surface area contributed by atoms with Gasteiger partial charge >= 0.3 is 0 Å². The number of carbonyl (C=O) groups excluding carboxylic acids is 2. The normalized spacial score (nSPS) is 10.2. The molecule has 0 aliphatic heterocycles. The summed E-state index contributed by atoms with van der Waals surface area (Å²) >= 11 is 3.37. The SMILES string of the molecule is O=C(CCCNC(=O)c1ccco1)NCCOc1cccc(Br)c1. The van der Waals surface area contributed by atoms with E-state index in [9.17, 15) is 9.59 Å². The molecule has 1 aromatic carbocycles. The van der Waals surface area contributed by atoms with E-state index in [-0.39, 0.29) is 17.6 Å². The molecule has 2 amide bonds. The highest BCUT2D eigenvalue weighted by atomic mass is 79.9. The Hall–Kier alpha value is -2.28. The van der Waals surface area contributed by atoms with Crippen LogP contribution < -0.4 is 15.4 Å². The van der Waals surface area contributed by atoms with E-state index in [4.69, 9.17) is 9.15 Å². The van der Waals surface area contributed by atoms with Crippen LogP contribution in [0.5, 0.6) is 5.75 Å². The molecule has 0 saturated carbocycles. The van der Waals surface area contributed by atoms with E-state index in [1.54, 1.807) is 12.1 Å². The lowest BCUT2D eigenvalue weighted by atomic mass is 10.3. The first-order valence-corrected chi connectivity index (χ1v) is 8.41. The van der Waals surface area contributed by atoms with Crippen molar-refractivity contribution in [3.8, 4) is 5.75 Å². The number of ether oxygens (including phenoxy) is 1. The van der Waals surface area contributed by atoms with Crippen LogP contribution in [0.25, 0.3) is 0 Å². The van der Waals surface area contributed by atoms with Crippen molar-refractivity contribution in [2.24, 2.45) is 0 Å². The van der Waals surface area contributed by atoms with Gasteiger partial charge in [0.2, 0.25) is 5.91 Å². The zero-order valence-corrected chi connectivity index (χ0v) is 14.7. The van der Waals surface area contributed by atoms with Crippen molar-refractivity contribution in [1.29, 1.82) is 0 Å². The molecule has 0 fully saturated rings. The van der Waals surface area contributed by atoms with Crippen molar-refractivity contribution in [1.82, 2.24) is 10.6 Å². The summed E-state index contributed by atoms with van der Waals surface area (Å²) in [5.41, 5.74) is 0. The molecule has 0 aliphatic carbocycles. The summed E-state index contributed by atoms with van der Waals surface area (Å²) in [6, 6.07) is 10.8. The van der Waals surface area contributed by atoms with E-state index in [1.807, 2.05) is 24.3 Å². The lowest BCUT2D eigenvalue weighted by Crippen LogP contribution is -2.29. The van der Waals surface area contributed by atoms with Gasteiger partial charge in [0.05, 0.1) is 12.8 Å². The number of rotatable bonds is 9. The zero-order valence-electron chi connectivity index (χ0n) is 13.1. The van der Waals surface area contributed by atoms with Gasteiger partial charge in [0.15, 0.2) is 5.76 Å². The largest absolute Gasteiger partial charge is 0.492 e. The van der Waals surface area contributed by atoms with Crippen LogP contribution in [0.1, 0.15) is 23.4 Å². The highest BCUT2D eigenvalue weighted by Gasteiger charge is 2.07. The van der Waals surface area contributed by atoms with Gasteiger partial charge in [-0.2, -0.15) is 0 Å². The predicted molar refractivity (Wildman–Crippen MR) is 92.9 cm³/mol. The molecule has 0 atom stereocenters. The molecule has 1 heterocycles. The van der Waals surface area contributed by atoms with E-state index in [1.165, 1.54) is 6.26 Å². The Balaban J connectivity index is 1.51. The highest BCUT2D eigenvalue weighted by Crippen LogP contribution is 2.17. The number of hydrogen-bond donors (Lipinski definition) is 2. The van der Waals surface area contributed by atoms with Crippen LogP contribution in [0, 0.1) is 0 Å². The predicted octanol–water partition coefficient (Wildman–Crippen LogP) is 2.75. The minimum Gasteiger partial charge on any atom is -0.492 e. The van der Waals surface area contributed by atoms with E-state index >= 15 is 0 Å². The number of nitrogens with one attached hydrogen (secondary N) is 2. The summed E-state index contributed by atoms with van der Waals surface area (Å²) in [6.45, 7) is 1.25. The number of furan rings is 1. The maximum Gasteiger partial charge on any atom is 0.286 e. The van der Waals surface area contributed by atoms with Crippen molar-refractivity contribution >= 4 is 27.7 Å². The second-order valence-corrected chi connectivity index (χ2v) is 5.91. The Labute approximate surface area is 148 Å². The second-order valence-electron chi connectivity index (χ2n) is 4.99. The zero-order chi connectivity index (χ0) is 17.2. The maximum atomic E-state index is 11.7. The third kappa shape index (κ3) is 6.45. The Morgan fingerprint density at radius 1 is 1.12 bits per heavy atom. The Bertz CT molecular complexity index is 658. The molecule has 24 heavy (non-hydrogen) atoms. The fourth-order valence-electron chi connectivity index (χ4n) is 1.95. The van der Waals surface area contributed by atoms with Crippen LogP contribution in [0.4, 0.5) is 0 Å². The number of halogens is 1. The van der Waals surface area contributed by atoms with Gasteiger partial charge in [-0.05, 0) is 36.8 Å². The van der Waals surface area contributed by atoms with Crippen molar-refractivity contribution in [3.63, 3.8) is 0 Å². The Morgan fingerprint density at radius 3 is 2.75 bits per heavy atom. The molecule has 0 bridgehead atoms. The minimum atomic E-state index is -0.275. The molecule has 0 unspecified atom stereocenters. The molecule has 128 valence electrons. The fourth-order valence-corrected chi connectivity index (χ4v) is 2.33. The van der Waals surface area contributed by atoms with Crippen LogP contribution in [-0.2, 0) is 4.79 Å². The molecule has 0 spiro atoms. The summed E-state index contributed by atoms with van der Waals surface area (Å²) in [4.78, 5) is 23.3. The first-order valence-electron chi connectivity index (χ1n) is 7.62. The fraction of sp³-hybridized carbons (Fsp3) is 0.294. The van der Waals surface area contributed by atoms with Gasteiger partial charge in [-0.15, -0.1) is 0 Å².